The van der Waals surface area contributed by atoms with Crippen LogP contribution in [-0.4, -0.2) is 23.0 Å². The largest absolute Gasteiger partial charge is 0.111 e. The highest BCUT2D eigenvalue weighted by Gasteiger charge is 2.28. The van der Waals surface area contributed by atoms with Gasteiger partial charge in [0.25, 0.3) is 0 Å². The molecule has 0 radical (unpaired) electrons. The van der Waals surface area contributed by atoms with Crippen molar-refractivity contribution >= 4 is 89.8 Å². The normalized spacial score (nSPS) is 12.0. The number of hydrogen-bond donors (Lipinski definition) is 4. The maximum absolute atomic E-state index is 4.30. The topological polar surface area (TPSA) is 0 Å². The van der Waals surface area contributed by atoms with Gasteiger partial charge < -0.3 is 0 Å². The van der Waals surface area contributed by atoms with E-state index in [4.69, 9.17) is 0 Å². The number of rotatable bonds is 24. The summed E-state index contributed by atoms with van der Waals surface area (Å²) in [5.74, 6) is 4.78. The van der Waals surface area contributed by atoms with Gasteiger partial charge in [0.1, 0.15) is 0 Å². The molecule has 0 aliphatic rings. The molecule has 0 nitrogen and oxygen atoms in total. The summed E-state index contributed by atoms with van der Waals surface area (Å²) in [6, 6.07) is 0. The van der Waals surface area contributed by atoms with Crippen LogP contribution < -0.4 is 0 Å². The highest BCUT2D eigenvalue weighted by atomic mass is 33.1. The van der Waals surface area contributed by atoms with E-state index >= 15 is 0 Å². The molecule has 0 aromatic carbocycles. The van der Waals surface area contributed by atoms with Gasteiger partial charge in [0.15, 0.2) is 0 Å². The van der Waals surface area contributed by atoms with Crippen LogP contribution in [0.3, 0.4) is 0 Å². The molecule has 0 unspecified atom stereocenters. The van der Waals surface area contributed by atoms with Gasteiger partial charge in [0.2, 0.25) is 0 Å². The van der Waals surface area contributed by atoms with Crippen LogP contribution >= 0.6 is 89.8 Å². The average molecular weight is 553 g/mol. The fourth-order valence-electron chi connectivity index (χ4n) is 4.12. The minimum Gasteiger partial charge on any atom is -0.111 e. The smallest absolute Gasteiger partial charge is 0.00345 e. The monoisotopic (exact) mass is 552 g/mol. The van der Waals surface area contributed by atoms with Gasteiger partial charge in [-0.05, 0) is 56.8 Å². The molecule has 0 aromatic rings. The van der Waals surface area contributed by atoms with Gasteiger partial charge >= 0.3 is 0 Å². The third-order valence-corrected chi connectivity index (χ3v) is 9.85. The minimum absolute atomic E-state index is 0.588. The molecule has 0 heterocycles. The molecule has 0 rings (SSSR count). The van der Waals surface area contributed by atoms with E-state index in [1.54, 1.807) is 43.2 Å². The molecule has 29 heavy (non-hydrogen) atoms. The van der Waals surface area contributed by atoms with Gasteiger partial charge in [-0.1, -0.05) is 94.5 Å². The second-order valence-electron chi connectivity index (χ2n) is 8.08. The molecule has 0 fully saturated rings. The molecule has 0 aliphatic carbocycles. The zero-order valence-corrected chi connectivity index (χ0v) is 24.9. The first-order valence-electron chi connectivity index (χ1n) is 11.3. The van der Waals surface area contributed by atoms with E-state index in [1.165, 1.54) is 126 Å². The van der Waals surface area contributed by atoms with Crippen molar-refractivity contribution in [3.05, 3.63) is 0 Å². The molecule has 0 bridgehead atoms. The predicted octanol–water partition coefficient (Wildman–Crippen LogP) is 10.5. The molecule has 0 amide bonds. The molecule has 0 N–H and O–H groups in total. The van der Waals surface area contributed by atoms with Gasteiger partial charge in [0, 0.05) is 23.0 Å². The molecule has 0 spiro atoms. The summed E-state index contributed by atoms with van der Waals surface area (Å²) in [6.07, 6.45) is 22.1. The first-order chi connectivity index (χ1) is 14.2. The fraction of sp³-hybridized carbons (Fsp3) is 1.00. The first-order valence-corrected chi connectivity index (χ1v) is 19.5. The summed E-state index contributed by atoms with van der Waals surface area (Å²) in [7, 11) is 6.77. The second kappa shape index (κ2) is 25.4. The fourth-order valence-corrected chi connectivity index (χ4v) is 7.01. The molecule has 8 heteroatoms. The molecule has 0 atom stereocenters. The van der Waals surface area contributed by atoms with Crippen molar-refractivity contribution in [1.29, 1.82) is 0 Å². The Morgan fingerprint density at radius 1 is 0.345 bits per heavy atom. The van der Waals surface area contributed by atoms with Crippen LogP contribution in [0.2, 0.25) is 0 Å². The quantitative estimate of drug-likeness (QED) is 0.0534. The summed E-state index contributed by atoms with van der Waals surface area (Å²) >= 11 is 17.2. The van der Waals surface area contributed by atoms with Gasteiger partial charge in [-0.3, -0.25) is 0 Å². The Labute approximate surface area is 219 Å². The Morgan fingerprint density at radius 2 is 0.586 bits per heavy atom. The zero-order valence-electron chi connectivity index (χ0n) is 18.1. The summed E-state index contributed by atoms with van der Waals surface area (Å²) in [5.41, 5.74) is 0.588. The summed E-state index contributed by atoms with van der Waals surface area (Å²) in [5, 5.41) is 0. The van der Waals surface area contributed by atoms with E-state index in [-0.39, 0.29) is 0 Å². The van der Waals surface area contributed by atoms with Crippen molar-refractivity contribution in [3.8, 4) is 0 Å². The van der Waals surface area contributed by atoms with Crippen LogP contribution in [-0.2, 0) is 0 Å². The third-order valence-electron chi connectivity index (χ3n) is 5.77. The summed E-state index contributed by atoms with van der Waals surface area (Å²) < 4.78 is 0. The van der Waals surface area contributed by atoms with Crippen molar-refractivity contribution < 1.29 is 0 Å². The Hall–Kier alpha value is 2.80. The lowest BCUT2D eigenvalue weighted by molar-refractivity contribution is 0.173. The minimum atomic E-state index is 0.588. The third kappa shape index (κ3) is 21.1. The first kappa shape index (κ1) is 31.8. The van der Waals surface area contributed by atoms with E-state index in [1.807, 2.05) is 0 Å². The van der Waals surface area contributed by atoms with Crippen molar-refractivity contribution in [2.24, 2.45) is 5.41 Å². The Kier molecular flexibility index (Phi) is 27.9. The van der Waals surface area contributed by atoms with E-state index in [0.29, 0.717) is 5.41 Å². The molecule has 176 valence electrons. The van der Waals surface area contributed by atoms with Crippen molar-refractivity contribution in [3.63, 3.8) is 0 Å². The molecular formula is C21H44S8. The van der Waals surface area contributed by atoms with Crippen LogP contribution in [0.25, 0.3) is 0 Å². The Morgan fingerprint density at radius 3 is 0.793 bits per heavy atom. The van der Waals surface area contributed by atoms with Gasteiger partial charge in [-0.2, -0.15) is 0 Å². The van der Waals surface area contributed by atoms with E-state index in [0.717, 1.165) is 0 Å². The van der Waals surface area contributed by atoms with Crippen molar-refractivity contribution in [1.82, 2.24) is 0 Å². The SMILES string of the molecule is SSCCCCCC(CCCCCSS)(CCCCCSS)CCCCCSS. The van der Waals surface area contributed by atoms with Crippen LogP contribution in [0, 0.1) is 5.41 Å². The highest BCUT2D eigenvalue weighted by Crippen LogP contribution is 2.42. The van der Waals surface area contributed by atoms with Crippen LogP contribution in [0.1, 0.15) is 103 Å². The number of unbranched alkanes of at least 4 members (excludes halogenated alkanes) is 8. The lowest BCUT2D eigenvalue weighted by Crippen LogP contribution is -2.21. The zero-order chi connectivity index (χ0) is 21.5. The highest BCUT2D eigenvalue weighted by molar-refractivity contribution is 8.69. The van der Waals surface area contributed by atoms with E-state index < -0.39 is 0 Å². The van der Waals surface area contributed by atoms with E-state index in [2.05, 4.69) is 46.6 Å². The van der Waals surface area contributed by atoms with Crippen molar-refractivity contribution in [2.45, 2.75) is 103 Å². The maximum Gasteiger partial charge on any atom is 0.00345 e. The number of thiol groups is 4. The molecular weight excluding hydrogens is 509 g/mol. The van der Waals surface area contributed by atoms with Crippen molar-refractivity contribution in [2.75, 3.05) is 23.0 Å². The standard InChI is InChI=1S/C21H44S8/c22-26-17-9-1-5-13-21(14-6-2-10-18-27-23,15-7-3-11-19-28-24)16-8-4-12-20-29-25/h22-25H,1-20H2. The Bertz CT molecular complexity index is 256. The van der Waals surface area contributed by atoms with Crippen LogP contribution in [0.4, 0.5) is 0 Å². The lowest BCUT2D eigenvalue weighted by Gasteiger charge is -2.35. The molecule has 0 aromatic heterocycles. The van der Waals surface area contributed by atoms with Gasteiger partial charge in [-0.25, -0.2) is 0 Å². The molecule has 0 saturated heterocycles. The second-order valence-corrected chi connectivity index (χ2v) is 13.8. The molecule has 0 aliphatic heterocycles. The number of hydrogen-bond acceptors (Lipinski definition) is 8. The summed E-state index contributed by atoms with van der Waals surface area (Å²) in [6.45, 7) is 0. The maximum atomic E-state index is 4.30. The molecule has 0 saturated carbocycles. The Balaban J connectivity index is 4.69. The lowest BCUT2D eigenvalue weighted by atomic mass is 9.71. The van der Waals surface area contributed by atoms with Gasteiger partial charge in [0.05, 0.1) is 0 Å². The predicted molar refractivity (Wildman–Crippen MR) is 162 cm³/mol. The van der Waals surface area contributed by atoms with Crippen LogP contribution in [0.5, 0.6) is 0 Å². The van der Waals surface area contributed by atoms with E-state index in [9.17, 15) is 0 Å². The van der Waals surface area contributed by atoms with Gasteiger partial charge in [-0.15, -0.1) is 46.6 Å². The summed E-state index contributed by atoms with van der Waals surface area (Å²) in [4.78, 5) is 0. The van der Waals surface area contributed by atoms with Crippen LogP contribution in [0.15, 0.2) is 0 Å². The average Bonchev–Trinajstić information content (AvgIpc) is 2.73.